The Balaban J connectivity index is 1.93. The van der Waals surface area contributed by atoms with Gasteiger partial charge in [0.05, 0.1) is 12.2 Å². The first-order valence-corrected chi connectivity index (χ1v) is 9.46. The second kappa shape index (κ2) is 7.27. The number of nitrogens with two attached hydrogens (primary N) is 1. The highest BCUT2D eigenvalue weighted by molar-refractivity contribution is 6.22. The number of aliphatic hydroxyl groups is 3. The maximum absolute atomic E-state index is 12.7. The number of phenolic OH excluding ortho intramolecular Hbond substituents is 1. The number of fused-ring (bicyclic) bond motifs is 1. The Morgan fingerprint density at radius 1 is 1.17 bits per heavy atom. The summed E-state index contributed by atoms with van der Waals surface area (Å²) in [5.74, 6) is -4.20. The number of primary amides is 1. The first-order valence-electron chi connectivity index (χ1n) is 9.46. The molecule has 0 aromatic heterocycles. The van der Waals surface area contributed by atoms with E-state index in [4.69, 9.17) is 5.73 Å². The molecular formula is C21H25NO7. The Kier molecular flexibility index (Phi) is 5.27. The monoisotopic (exact) mass is 403 g/mol. The van der Waals surface area contributed by atoms with Crippen LogP contribution in [0.5, 0.6) is 5.75 Å². The van der Waals surface area contributed by atoms with Crippen molar-refractivity contribution in [3.05, 3.63) is 39.7 Å². The van der Waals surface area contributed by atoms with Crippen molar-refractivity contribution >= 4 is 17.5 Å². The van der Waals surface area contributed by atoms with Crippen molar-refractivity contribution in [3.63, 3.8) is 0 Å². The lowest BCUT2D eigenvalue weighted by molar-refractivity contribution is -0.150. The maximum atomic E-state index is 12.7. The molecule has 3 rings (SSSR count). The average molecular weight is 403 g/mol. The topological polar surface area (TPSA) is 158 Å². The van der Waals surface area contributed by atoms with Gasteiger partial charge in [-0.2, -0.15) is 0 Å². The highest BCUT2D eigenvalue weighted by Gasteiger charge is 2.51. The van der Waals surface area contributed by atoms with Gasteiger partial charge in [-0.1, -0.05) is 6.07 Å². The number of carbonyl (C=O) groups is 3. The van der Waals surface area contributed by atoms with E-state index >= 15 is 0 Å². The molecule has 1 unspecified atom stereocenters. The quantitative estimate of drug-likeness (QED) is 0.464. The standard InChI is InChI=1S/C21H25NO7/c1-9-3-10(2)18(26)16-13(9)5-11(6-14(16)24)4-12-7-15(25)17(20(22)28)19(27)21(12,29)8-23/h3,11-12,23,25-26,29H,4-8H2,1-2H3,(H2,22,28)/t11?,12-,21+/m0/s1. The molecule has 0 spiro atoms. The van der Waals surface area contributed by atoms with E-state index in [-0.39, 0.29) is 36.7 Å². The molecule has 2 aliphatic carbocycles. The number of rotatable bonds is 4. The zero-order valence-corrected chi connectivity index (χ0v) is 16.4. The second-order valence-electron chi connectivity index (χ2n) is 8.14. The van der Waals surface area contributed by atoms with Crippen LogP contribution in [0.2, 0.25) is 0 Å². The summed E-state index contributed by atoms with van der Waals surface area (Å²) in [7, 11) is 0. The van der Waals surface area contributed by atoms with Gasteiger partial charge in [0.15, 0.2) is 11.4 Å². The molecular weight excluding hydrogens is 378 g/mol. The van der Waals surface area contributed by atoms with Crippen LogP contribution in [-0.2, 0) is 16.0 Å². The number of hydrogen-bond donors (Lipinski definition) is 5. The minimum Gasteiger partial charge on any atom is -0.511 e. The van der Waals surface area contributed by atoms with Gasteiger partial charge in [0.25, 0.3) is 5.91 Å². The second-order valence-corrected chi connectivity index (χ2v) is 8.14. The Hall–Kier alpha value is -2.71. The summed E-state index contributed by atoms with van der Waals surface area (Å²) in [5.41, 5.74) is 4.70. The number of ketones is 2. The van der Waals surface area contributed by atoms with Crippen molar-refractivity contribution in [2.75, 3.05) is 6.61 Å². The lowest BCUT2D eigenvalue weighted by atomic mass is 9.67. The zero-order chi connectivity index (χ0) is 21.7. The highest BCUT2D eigenvalue weighted by atomic mass is 16.3. The molecule has 1 aromatic rings. The van der Waals surface area contributed by atoms with Crippen LogP contribution < -0.4 is 5.73 Å². The van der Waals surface area contributed by atoms with Crippen LogP contribution in [0.3, 0.4) is 0 Å². The molecule has 0 radical (unpaired) electrons. The van der Waals surface area contributed by atoms with Gasteiger partial charge in [-0.3, -0.25) is 14.4 Å². The van der Waals surface area contributed by atoms with Crippen molar-refractivity contribution in [2.45, 2.75) is 45.1 Å². The fourth-order valence-corrected chi connectivity index (χ4v) is 4.65. The normalized spacial score (nSPS) is 27.2. The third-order valence-electron chi connectivity index (χ3n) is 6.20. The van der Waals surface area contributed by atoms with Gasteiger partial charge in [-0.05, 0) is 49.3 Å². The third-order valence-corrected chi connectivity index (χ3v) is 6.20. The summed E-state index contributed by atoms with van der Waals surface area (Å²) in [5, 5.41) is 40.9. The van der Waals surface area contributed by atoms with Crippen LogP contribution in [0.1, 0.15) is 46.3 Å². The van der Waals surface area contributed by atoms with E-state index in [1.165, 1.54) is 0 Å². The van der Waals surface area contributed by atoms with E-state index in [0.29, 0.717) is 17.5 Å². The van der Waals surface area contributed by atoms with Crippen LogP contribution >= 0.6 is 0 Å². The average Bonchev–Trinajstić information content (AvgIpc) is 2.63. The molecule has 2 aliphatic rings. The molecule has 0 bridgehead atoms. The summed E-state index contributed by atoms with van der Waals surface area (Å²) in [6, 6.07) is 1.80. The smallest absolute Gasteiger partial charge is 0.255 e. The molecule has 0 saturated heterocycles. The largest absolute Gasteiger partial charge is 0.511 e. The van der Waals surface area contributed by atoms with Gasteiger partial charge in [-0.25, -0.2) is 0 Å². The minimum absolute atomic E-state index is 0.0274. The predicted molar refractivity (Wildman–Crippen MR) is 102 cm³/mol. The molecule has 8 heteroatoms. The van der Waals surface area contributed by atoms with Crippen molar-refractivity contribution < 1.29 is 34.8 Å². The molecule has 1 amide bonds. The van der Waals surface area contributed by atoms with E-state index in [1.807, 2.05) is 6.92 Å². The third kappa shape index (κ3) is 3.32. The fraction of sp³-hybridized carbons (Fsp3) is 0.476. The van der Waals surface area contributed by atoms with Gasteiger partial charge in [0.1, 0.15) is 17.1 Å². The van der Waals surface area contributed by atoms with Gasteiger partial charge >= 0.3 is 0 Å². The first-order chi connectivity index (χ1) is 13.5. The number of Topliss-reactive ketones (excluding diaryl/α,β-unsaturated/α-hetero) is 2. The van der Waals surface area contributed by atoms with Crippen LogP contribution in [-0.4, -0.2) is 50.1 Å². The molecule has 3 atom stereocenters. The molecule has 1 aromatic carbocycles. The summed E-state index contributed by atoms with van der Waals surface area (Å²) < 4.78 is 0. The van der Waals surface area contributed by atoms with Crippen LogP contribution in [0.25, 0.3) is 0 Å². The van der Waals surface area contributed by atoms with Gasteiger partial charge in [0.2, 0.25) is 5.78 Å². The zero-order valence-electron chi connectivity index (χ0n) is 16.4. The number of benzene rings is 1. The Morgan fingerprint density at radius 3 is 2.41 bits per heavy atom. The van der Waals surface area contributed by atoms with Crippen molar-refractivity contribution in [1.82, 2.24) is 0 Å². The molecule has 156 valence electrons. The van der Waals surface area contributed by atoms with Crippen molar-refractivity contribution in [1.29, 1.82) is 0 Å². The number of amides is 1. The number of hydrogen-bond acceptors (Lipinski definition) is 7. The number of allylic oxidation sites excluding steroid dienone is 1. The Labute approximate surface area is 167 Å². The fourth-order valence-electron chi connectivity index (χ4n) is 4.65. The number of aromatic hydroxyl groups is 1. The minimum atomic E-state index is -2.26. The lowest BCUT2D eigenvalue weighted by Crippen LogP contribution is -2.55. The number of aliphatic hydroxyl groups excluding tert-OH is 2. The van der Waals surface area contributed by atoms with Crippen LogP contribution in [0.15, 0.2) is 17.4 Å². The SMILES string of the molecule is Cc1cc(C)c2c(c1O)C(=O)CC(C[C@H]1CC(O)=C(C(N)=O)C(=O)[C@@]1(O)CO)C2. The van der Waals surface area contributed by atoms with Crippen LogP contribution in [0.4, 0.5) is 0 Å². The van der Waals surface area contributed by atoms with Gasteiger partial charge in [0, 0.05) is 18.8 Å². The van der Waals surface area contributed by atoms with E-state index in [1.54, 1.807) is 13.0 Å². The van der Waals surface area contributed by atoms with Gasteiger partial charge < -0.3 is 26.2 Å². The summed E-state index contributed by atoms with van der Waals surface area (Å²) >= 11 is 0. The lowest BCUT2D eigenvalue weighted by Gasteiger charge is -2.39. The summed E-state index contributed by atoms with van der Waals surface area (Å²) in [6.45, 7) is 2.64. The molecule has 0 fully saturated rings. The van der Waals surface area contributed by atoms with E-state index in [0.717, 1.165) is 11.1 Å². The number of carbonyl (C=O) groups excluding carboxylic acids is 3. The Morgan fingerprint density at radius 2 is 1.83 bits per heavy atom. The number of aryl methyl sites for hydroxylation is 2. The molecule has 0 aliphatic heterocycles. The predicted octanol–water partition coefficient (Wildman–Crippen LogP) is 0.754. The molecule has 0 heterocycles. The van der Waals surface area contributed by atoms with Gasteiger partial charge in [-0.15, -0.1) is 0 Å². The van der Waals surface area contributed by atoms with Crippen molar-refractivity contribution in [2.24, 2.45) is 17.6 Å². The molecule has 29 heavy (non-hydrogen) atoms. The maximum Gasteiger partial charge on any atom is 0.255 e. The summed E-state index contributed by atoms with van der Waals surface area (Å²) in [4.78, 5) is 36.7. The van der Waals surface area contributed by atoms with E-state index in [2.05, 4.69) is 0 Å². The highest BCUT2D eigenvalue weighted by Crippen LogP contribution is 2.42. The Bertz CT molecular complexity index is 949. The molecule has 8 nitrogen and oxygen atoms in total. The number of phenols is 1. The molecule has 0 saturated carbocycles. The molecule has 6 N–H and O–H groups in total. The van der Waals surface area contributed by atoms with Crippen LogP contribution in [0, 0.1) is 25.7 Å². The first kappa shape index (κ1) is 21.0. The van der Waals surface area contributed by atoms with E-state index in [9.17, 15) is 34.8 Å². The van der Waals surface area contributed by atoms with Crippen molar-refractivity contribution in [3.8, 4) is 5.75 Å². The summed E-state index contributed by atoms with van der Waals surface area (Å²) in [6.07, 6.45) is 0.498. The van der Waals surface area contributed by atoms with E-state index < -0.39 is 41.1 Å².